The summed E-state index contributed by atoms with van der Waals surface area (Å²) in [4.78, 5) is 6.80. The molecule has 2 aliphatic rings. The summed E-state index contributed by atoms with van der Waals surface area (Å²) >= 11 is 0. The van der Waals surface area contributed by atoms with Gasteiger partial charge in [-0.2, -0.15) is 0 Å². The third-order valence-electron chi connectivity index (χ3n) is 4.55. The van der Waals surface area contributed by atoms with E-state index in [4.69, 9.17) is 0 Å². The van der Waals surface area contributed by atoms with Crippen LogP contribution in [0.5, 0.6) is 0 Å². The number of hydrogen-bond donors (Lipinski definition) is 1. The van der Waals surface area contributed by atoms with E-state index >= 15 is 0 Å². The van der Waals surface area contributed by atoms with Gasteiger partial charge in [0.2, 0.25) is 0 Å². The largest absolute Gasteiger partial charge is 0.312 e. The van der Waals surface area contributed by atoms with Crippen molar-refractivity contribution in [3.8, 4) is 0 Å². The second-order valence-corrected chi connectivity index (χ2v) is 5.74. The summed E-state index contributed by atoms with van der Waals surface area (Å²) < 4.78 is 13.0. The third kappa shape index (κ3) is 2.65. The SMILES string of the molecule is CCC(c1ccc(F)cn1)N1CC2CCCNC2C1. The Kier molecular flexibility index (Phi) is 3.80. The topological polar surface area (TPSA) is 28.2 Å². The summed E-state index contributed by atoms with van der Waals surface area (Å²) in [5.41, 5.74) is 1.00. The van der Waals surface area contributed by atoms with E-state index in [9.17, 15) is 4.39 Å². The van der Waals surface area contributed by atoms with Crippen LogP contribution in [0.2, 0.25) is 0 Å². The van der Waals surface area contributed by atoms with Gasteiger partial charge in [0.15, 0.2) is 0 Å². The first-order valence-electron chi connectivity index (χ1n) is 7.37. The third-order valence-corrected chi connectivity index (χ3v) is 4.55. The molecule has 1 aromatic rings. The molecule has 104 valence electrons. The van der Waals surface area contributed by atoms with Crippen LogP contribution in [-0.2, 0) is 0 Å². The average Bonchev–Trinajstić information content (AvgIpc) is 2.85. The molecule has 0 spiro atoms. The smallest absolute Gasteiger partial charge is 0.141 e. The second-order valence-electron chi connectivity index (χ2n) is 5.74. The lowest BCUT2D eigenvalue weighted by Gasteiger charge is -2.26. The van der Waals surface area contributed by atoms with Crippen molar-refractivity contribution >= 4 is 0 Å². The molecule has 2 aliphatic heterocycles. The summed E-state index contributed by atoms with van der Waals surface area (Å²) in [6, 6.07) is 4.32. The molecule has 3 unspecified atom stereocenters. The molecule has 1 aromatic heterocycles. The highest BCUT2D eigenvalue weighted by Crippen LogP contribution is 2.32. The van der Waals surface area contributed by atoms with E-state index in [2.05, 4.69) is 22.1 Å². The van der Waals surface area contributed by atoms with Gasteiger partial charge in [-0.3, -0.25) is 9.88 Å². The maximum Gasteiger partial charge on any atom is 0.141 e. The van der Waals surface area contributed by atoms with Gasteiger partial charge in [-0.1, -0.05) is 6.92 Å². The van der Waals surface area contributed by atoms with Gasteiger partial charge in [-0.15, -0.1) is 0 Å². The van der Waals surface area contributed by atoms with Gasteiger partial charge in [-0.05, 0) is 43.9 Å². The molecule has 3 nitrogen and oxygen atoms in total. The highest BCUT2D eigenvalue weighted by Gasteiger charge is 2.37. The minimum absolute atomic E-state index is 0.254. The molecule has 4 heteroatoms. The highest BCUT2D eigenvalue weighted by molar-refractivity contribution is 5.11. The Morgan fingerprint density at radius 3 is 3.05 bits per heavy atom. The first kappa shape index (κ1) is 13.0. The van der Waals surface area contributed by atoms with Crippen molar-refractivity contribution in [1.82, 2.24) is 15.2 Å². The highest BCUT2D eigenvalue weighted by atomic mass is 19.1. The quantitative estimate of drug-likeness (QED) is 0.907. The van der Waals surface area contributed by atoms with Crippen LogP contribution in [0.15, 0.2) is 18.3 Å². The van der Waals surface area contributed by atoms with E-state index < -0.39 is 0 Å². The molecule has 0 amide bonds. The monoisotopic (exact) mass is 263 g/mol. The van der Waals surface area contributed by atoms with Crippen LogP contribution >= 0.6 is 0 Å². The van der Waals surface area contributed by atoms with Crippen molar-refractivity contribution < 1.29 is 4.39 Å². The van der Waals surface area contributed by atoms with Crippen LogP contribution in [0.3, 0.4) is 0 Å². The minimum Gasteiger partial charge on any atom is -0.312 e. The number of fused-ring (bicyclic) bond motifs is 1. The van der Waals surface area contributed by atoms with Gasteiger partial charge in [0.25, 0.3) is 0 Å². The van der Waals surface area contributed by atoms with E-state index in [1.165, 1.54) is 25.1 Å². The van der Waals surface area contributed by atoms with Gasteiger partial charge >= 0.3 is 0 Å². The van der Waals surface area contributed by atoms with Crippen molar-refractivity contribution in [2.45, 2.75) is 38.3 Å². The lowest BCUT2D eigenvalue weighted by Crippen LogP contribution is -2.40. The van der Waals surface area contributed by atoms with Gasteiger partial charge in [0.05, 0.1) is 17.9 Å². The van der Waals surface area contributed by atoms with Crippen LogP contribution in [-0.4, -0.2) is 35.6 Å². The van der Waals surface area contributed by atoms with E-state index in [1.807, 2.05) is 6.07 Å². The lowest BCUT2D eigenvalue weighted by atomic mass is 9.94. The minimum atomic E-state index is -0.254. The van der Waals surface area contributed by atoms with Gasteiger partial charge in [0.1, 0.15) is 5.82 Å². The van der Waals surface area contributed by atoms with Crippen LogP contribution in [0.25, 0.3) is 0 Å². The molecule has 2 saturated heterocycles. The Labute approximate surface area is 114 Å². The molecule has 1 N–H and O–H groups in total. The Hall–Kier alpha value is -1.00. The molecule has 0 radical (unpaired) electrons. The number of piperidine rings is 1. The molecule has 0 saturated carbocycles. The van der Waals surface area contributed by atoms with Crippen molar-refractivity contribution in [3.63, 3.8) is 0 Å². The fraction of sp³-hybridized carbons (Fsp3) is 0.667. The number of nitrogens with zero attached hydrogens (tertiary/aromatic N) is 2. The molecule has 0 bridgehead atoms. The Bertz CT molecular complexity index is 406. The average molecular weight is 263 g/mol. The Morgan fingerprint density at radius 2 is 2.37 bits per heavy atom. The van der Waals surface area contributed by atoms with Crippen LogP contribution in [0.4, 0.5) is 4.39 Å². The van der Waals surface area contributed by atoms with Crippen molar-refractivity contribution in [1.29, 1.82) is 0 Å². The van der Waals surface area contributed by atoms with E-state index in [-0.39, 0.29) is 5.82 Å². The Morgan fingerprint density at radius 1 is 1.47 bits per heavy atom. The first-order valence-corrected chi connectivity index (χ1v) is 7.37. The molecule has 3 rings (SSSR count). The maximum atomic E-state index is 13.0. The maximum absolute atomic E-state index is 13.0. The first-order chi connectivity index (χ1) is 9.28. The van der Waals surface area contributed by atoms with Crippen LogP contribution < -0.4 is 5.32 Å². The van der Waals surface area contributed by atoms with Crippen LogP contribution in [0.1, 0.15) is 37.9 Å². The number of halogens is 1. The van der Waals surface area contributed by atoms with Gasteiger partial charge in [-0.25, -0.2) is 4.39 Å². The van der Waals surface area contributed by atoms with E-state index in [0.717, 1.165) is 37.7 Å². The van der Waals surface area contributed by atoms with Crippen molar-refractivity contribution in [2.75, 3.05) is 19.6 Å². The molecule has 19 heavy (non-hydrogen) atoms. The normalized spacial score (nSPS) is 29.2. The Balaban J connectivity index is 1.74. The summed E-state index contributed by atoms with van der Waals surface area (Å²) in [6.07, 6.45) is 4.99. The second kappa shape index (κ2) is 5.55. The summed E-state index contributed by atoms with van der Waals surface area (Å²) in [6.45, 7) is 5.59. The molecule has 3 atom stereocenters. The zero-order valence-corrected chi connectivity index (χ0v) is 11.5. The number of pyridine rings is 1. The predicted molar refractivity (Wildman–Crippen MR) is 73.3 cm³/mol. The van der Waals surface area contributed by atoms with E-state index in [1.54, 1.807) is 0 Å². The fourth-order valence-electron chi connectivity index (χ4n) is 3.57. The molecule has 3 heterocycles. The molecule has 0 aliphatic carbocycles. The predicted octanol–water partition coefficient (Wildman–Crippen LogP) is 2.36. The zero-order valence-electron chi connectivity index (χ0n) is 11.5. The molecule has 0 aromatic carbocycles. The molecular formula is C15H22FN3. The summed E-state index contributed by atoms with van der Waals surface area (Å²) in [7, 11) is 0. The summed E-state index contributed by atoms with van der Waals surface area (Å²) in [5, 5.41) is 3.63. The summed E-state index contributed by atoms with van der Waals surface area (Å²) in [5.74, 6) is 0.526. The zero-order chi connectivity index (χ0) is 13.2. The van der Waals surface area contributed by atoms with Crippen LogP contribution in [0, 0.1) is 11.7 Å². The lowest BCUT2D eigenvalue weighted by molar-refractivity contribution is 0.224. The number of nitrogens with one attached hydrogen (secondary N) is 1. The number of hydrogen-bond acceptors (Lipinski definition) is 3. The molecular weight excluding hydrogens is 241 g/mol. The molecule has 2 fully saturated rings. The number of rotatable bonds is 3. The number of aromatic nitrogens is 1. The van der Waals surface area contributed by atoms with E-state index in [0.29, 0.717) is 12.1 Å². The van der Waals surface area contributed by atoms with Gasteiger partial charge < -0.3 is 5.32 Å². The van der Waals surface area contributed by atoms with Crippen molar-refractivity contribution in [3.05, 3.63) is 29.8 Å². The standard InChI is InChI=1S/C15H22FN3/c1-2-15(13-6-5-12(16)8-18-13)19-9-11-4-3-7-17-14(11)10-19/h5-6,8,11,14-15,17H,2-4,7,9-10H2,1H3. The fourth-order valence-corrected chi connectivity index (χ4v) is 3.57. The number of likely N-dealkylation sites (tertiary alicyclic amines) is 1. The van der Waals surface area contributed by atoms with Gasteiger partial charge in [0, 0.05) is 19.1 Å². The van der Waals surface area contributed by atoms with Crippen molar-refractivity contribution in [2.24, 2.45) is 5.92 Å².